The van der Waals surface area contributed by atoms with Crippen molar-refractivity contribution >= 4 is 57.5 Å². The fraction of sp³-hybridized carbons (Fsp3) is 0.310. The summed E-state index contributed by atoms with van der Waals surface area (Å²) in [7, 11) is -3.71. The fourth-order valence-electron chi connectivity index (χ4n) is 5.00. The molecule has 9 nitrogen and oxygen atoms in total. The average molecular weight is 755 g/mol. The first-order valence-electron chi connectivity index (χ1n) is 13.5. The molecule has 2 aromatic carbocycles. The average Bonchev–Trinajstić information content (AvgIpc) is 3.66. The van der Waals surface area contributed by atoms with Crippen molar-refractivity contribution in [3.63, 3.8) is 0 Å². The monoisotopic (exact) mass is 753 g/mol. The number of rotatable bonds is 5. The minimum absolute atomic E-state index is 0.211. The molecule has 2 heterocycles. The summed E-state index contributed by atoms with van der Waals surface area (Å²) in [4.78, 5) is 2.82. The predicted octanol–water partition coefficient (Wildman–Crippen LogP) is 7.85. The number of aliphatic hydroxyl groups is 1. The van der Waals surface area contributed by atoms with Crippen LogP contribution in [-0.4, -0.2) is 45.0 Å². The van der Waals surface area contributed by atoms with Crippen molar-refractivity contribution in [2.75, 3.05) is 5.73 Å². The third-order valence-electron chi connectivity index (χ3n) is 7.67. The van der Waals surface area contributed by atoms with Crippen molar-refractivity contribution in [3.05, 3.63) is 86.5 Å². The summed E-state index contributed by atoms with van der Waals surface area (Å²) in [6, 6.07) is 9.86. The van der Waals surface area contributed by atoms with Gasteiger partial charge in [0.05, 0.1) is 22.2 Å². The lowest BCUT2D eigenvalue weighted by atomic mass is 9.76. The van der Waals surface area contributed by atoms with E-state index in [4.69, 9.17) is 45.8 Å². The van der Waals surface area contributed by atoms with Gasteiger partial charge in [-0.05, 0) is 53.7 Å². The lowest BCUT2D eigenvalue weighted by Crippen LogP contribution is -2.45. The summed E-state index contributed by atoms with van der Waals surface area (Å²) in [5.41, 5.74) is -1.47. The summed E-state index contributed by atoms with van der Waals surface area (Å²) < 4.78 is 90.0. The number of hydrogen-bond donors (Lipinski definition) is 2. The van der Waals surface area contributed by atoms with Crippen LogP contribution >= 0.6 is 34.8 Å². The third-order valence-corrected chi connectivity index (χ3v) is 9.69. The molecular formula is C29H24Cl3F6N7O2S. The van der Waals surface area contributed by atoms with E-state index < -0.39 is 65.8 Å². The van der Waals surface area contributed by atoms with Crippen molar-refractivity contribution in [2.45, 2.75) is 55.4 Å². The number of nitriles is 1. The largest absolute Gasteiger partial charge is 0.476 e. The zero-order chi connectivity index (χ0) is 35.8. The Balaban J connectivity index is 0.000000219. The number of nitrogen functional groups attached to an aromatic ring is 1. The number of nitrogens with zero attached hydrogens (tertiary/aromatic N) is 6. The van der Waals surface area contributed by atoms with Gasteiger partial charge < -0.3 is 10.8 Å². The molecule has 4 aromatic rings. The van der Waals surface area contributed by atoms with E-state index in [0.717, 1.165) is 24.0 Å². The quantitative estimate of drug-likeness (QED) is 0.198. The van der Waals surface area contributed by atoms with Crippen LogP contribution < -0.4 is 5.73 Å². The number of aromatic nitrogens is 5. The van der Waals surface area contributed by atoms with Crippen LogP contribution in [0.3, 0.4) is 0 Å². The van der Waals surface area contributed by atoms with Crippen LogP contribution in [-0.2, 0) is 23.5 Å². The second-order valence-corrected chi connectivity index (χ2v) is 13.8. The maximum atomic E-state index is 12.7. The van der Waals surface area contributed by atoms with E-state index in [1.54, 1.807) is 11.0 Å². The molecule has 0 spiro atoms. The van der Waals surface area contributed by atoms with Gasteiger partial charge in [-0.3, -0.25) is 0 Å². The molecule has 2 atom stereocenters. The van der Waals surface area contributed by atoms with Crippen molar-refractivity contribution in [1.82, 2.24) is 24.5 Å². The molecule has 5 rings (SSSR count). The molecule has 0 bridgehead atoms. The van der Waals surface area contributed by atoms with Gasteiger partial charge in [0.2, 0.25) is 0 Å². The molecule has 2 aromatic heterocycles. The Bertz CT molecular complexity index is 1880. The first-order valence-corrected chi connectivity index (χ1v) is 15.8. The zero-order valence-corrected chi connectivity index (χ0v) is 27.8. The molecule has 1 fully saturated rings. The third kappa shape index (κ3) is 7.65. The first kappa shape index (κ1) is 37.2. The number of halogens is 9. The molecule has 1 saturated carbocycles. The molecule has 0 amide bonds. The highest BCUT2D eigenvalue weighted by atomic mass is 35.5. The number of hydrogen-bond acceptors (Lipinski definition) is 7. The highest BCUT2D eigenvalue weighted by Gasteiger charge is 2.51. The molecule has 1 aliphatic rings. The van der Waals surface area contributed by atoms with E-state index in [1.165, 1.54) is 12.4 Å². The lowest BCUT2D eigenvalue weighted by Gasteiger charge is -2.37. The standard InChI is InChI=1S/C17H20ClN3O.C12H4Cl2F6N4OS/c1-16(2)8-7-14(9-13-3-5-15(18)6-4-13)17(16,22)10-21-12-19-11-20-21;13-5-1-4(11(15,16)17)2-6(14)8(5)24-10(22)9(7(3-21)23-24)26(25)12(18,19)20/h3-6,9,11-12,22H,7-8,10H2,1-2H3;1-2H,22H2/b14-9+;. The first-order chi connectivity index (χ1) is 22.2. The SMILES string of the molecule is CC1(C)CC/C(=C\c2ccc(Cl)cc2)C1(O)Cn1cncn1.N#Cc1nn(-c2c(Cl)cc(C(F)(F)F)cc2Cl)c(N)c1S(=O)C(F)(F)F. The maximum absolute atomic E-state index is 12.7. The minimum atomic E-state index is -5.25. The van der Waals surface area contributed by atoms with Gasteiger partial charge >= 0.3 is 11.7 Å². The second-order valence-electron chi connectivity index (χ2n) is 11.1. The van der Waals surface area contributed by atoms with Gasteiger partial charge in [0.1, 0.15) is 40.7 Å². The number of nitrogens with two attached hydrogens (primary N) is 1. The summed E-state index contributed by atoms with van der Waals surface area (Å²) in [5, 5.41) is 27.3. The fourth-order valence-corrected chi connectivity index (χ4v) is 6.55. The van der Waals surface area contributed by atoms with Crippen LogP contribution in [0.15, 0.2) is 59.5 Å². The Kier molecular flexibility index (Phi) is 10.6. The molecule has 1 aliphatic carbocycles. The summed E-state index contributed by atoms with van der Waals surface area (Å²) in [6.45, 7) is 4.62. The Hall–Kier alpha value is -3.62. The lowest BCUT2D eigenvalue weighted by molar-refractivity contribution is -0.137. The van der Waals surface area contributed by atoms with Gasteiger partial charge in [-0.15, -0.1) is 0 Å². The molecule has 0 saturated heterocycles. The molecular weight excluding hydrogens is 731 g/mol. The van der Waals surface area contributed by atoms with E-state index in [1.807, 2.05) is 24.3 Å². The van der Waals surface area contributed by atoms with Crippen molar-refractivity contribution < 1.29 is 35.7 Å². The van der Waals surface area contributed by atoms with E-state index >= 15 is 0 Å². The van der Waals surface area contributed by atoms with Crippen LogP contribution in [0.25, 0.3) is 11.8 Å². The van der Waals surface area contributed by atoms with Gasteiger partial charge in [0.15, 0.2) is 16.5 Å². The topological polar surface area (TPSA) is 136 Å². The maximum Gasteiger partial charge on any atom is 0.476 e. The predicted molar refractivity (Wildman–Crippen MR) is 168 cm³/mol. The van der Waals surface area contributed by atoms with E-state index in [2.05, 4.69) is 35.1 Å². The normalized spacial score (nSPS) is 19.1. The smallest absolute Gasteiger partial charge is 0.383 e. The van der Waals surface area contributed by atoms with Crippen LogP contribution in [0.1, 0.15) is 43.5 Å². The van der Waals surface area contributed by atoms with Gasteiger partial charge in [-0.2, -0.15) is 41.8 Å². The molecule has 0 aliphatic heterocycles. The van der Waals surface area contributed by atoms with Gasteiger partial charge in [-0.1, -0.05) is 66.9 Å². The second kappa shape index (κ2) is 13.7. The Labute approximate surface area is 287 Å². The Morgan fingerprint density at radius 2 is 1.71 bits per heavy atom. The van der Waals surface area contributed by atoms with Crippen molar-refractivity contribution in [1.29, 1.82) is 5.26 Å². The van der Waals surface area contributed by atoms with E-state index in [9.17, 15) is 35.7 Å². The highest BCUT2D eigenvalue weighted by molar-refractivity contribution is 7.86. The molecule has 2 unspecified atom stereocenters. The number of alkyl halides is 6. The van der Waals surface area contributed by atoms with Crippen LogP contribution in [0.2, 0.25) is 15.1 Å². The summed E-state index contributed by atoms with van der Waals surface area (Å²) in [6.07, 6.45) is 2.24. The zero-order valence-electron chi connectivity index (χ0n) is 24.7. The highest BCUT2D eigenvalue weighted by Crippen LogP contribution is 2.51. The molecule has 19 heteroatoms. The van der Waals surface area contributed by atoms with Crippen molar-refractivity contribution in [2.24, 2.45) is 5.41 Å². The number of benzene rings is 2. The van der Waals surface area contributed by atoms with Crippen molar-refractivity contribution in [3.8, 4) is 11.8 Å². The Morgan fingerprint density at radius 1 is 1.10 bits per heavy atom. The van der Waals surface area contributed by atoms with Gasteiger partial charge in [0, 0.05) is 5.02 Å². The van der Waals surface area contributed by atoms with Crippen LogP contribution in [0.5, 0.6) is 0 Å². The van der Waals surface area contributed by atoms with E-state index in [-0.39, 0.29) is 5.41 Å². The summed E-state index contributed by atoms with van der Waals surface area (Å²) in [5.74, 6) is -0.902. The van der Waals surface area contributed by atoms with E-state index in [0.29, 0.717) is 28.4 Å². The Morgan fingerprint density at radius 3 is 2.21 bits per heavy atom. The summed E-state index contributed by atoms with van der Waals surface area (Å²) >= 11 is 17.4. The van der Waals surface area contributed by atoms with Crippen LogP contribution in [0, 0.1) is 16.7 Å². The molecule has 0 radical (unpaired) electrons. The minimum Gasteiger partial charge on any atom is -0.383 e. The molecule has 256 valence electrons. The number of anilines is 1. The van der Waals surface area contributed by atoms with Gasteiger partial charge in [-0.25, -0.2) is 18.6 Å². The van der Waals surface area contributed by atoms with Crippen LogP contribution in [0.4, 0.5) is 32.2 Å². The van der Waals surface area contributed by atoms with Gasteiger partial charge in [0.25, 0.3) is 0 Å². The molecule has 48 heavy (non-hydrogen) atoms. The molecule has 3 N–H and O–H groups in total.